The number of rotatable bonds is 8. The standard InChI is InChI=1S/C12H16N2O5/c15-5-7-19-6-4-13-12(16)9-10-2-1-3-11(8-10)14(17)18/h1-3,8,15H,4-7,9H2,(H,13,16). The maximum atomic E-state index is 11.5. The van der Waals surface area contributed by atoms with Crippen LogP contribution < -0.4 is 5.32 Å². The maximum Gasteiger partial charge on any atom is 0.269 e. The molecular weight excluding hydrogens is 252 g/mol. The maximum absolute atomic E-state index is 11.5. The number of nitro benzene ring substituents is 1. The zero-order chi connectivity index (χ0) is 14.1. The third kappa shape index (κ3) is 5.94. The van der Waals surface area contributed by atoms with Crippen molar-refractivity contribution in [2.24, 2.45) is 0 Å². The van der Waals surface area contributed by atoms with Crippen molar-refractivity contribution in [1.29, 1.82) is 0 Å². The second kappa shape index (κ2) is 8.17. The minimum absolute atomic E-state index is 0.0309. The Morgan fingerprint density at radius 1 is 1.42 bits per heavy atom. The predicted molar refractivity (Wildman–Crippen MR) is 67.7 cm³/mol. The lowest BCUT2D eigenvalue weighted by molar-refractivity contribution is -0.384. The Morgan fingerprint density at radius 2 is 2.21 bits per heavy atom. The van der Waals surface area contributed by atoms with Gasteiger partial charge in [-0.3, -0.25) is 14.9 Å². The van der Waals surface area contributed by atoms with Crippen molar-refractivity contribution >= 4 is 11.6 Å². The second-order valence-corrected chi connectivity index (χ2v) is 3.79. The van der Waals surface area contributed by atoms with Crippen molar-refractivity contribution in [3.63, 3.8) is 0 Å². The fourth-order valence-electron chi connectivity index (χ4n) is 1.46. The van der Waals surface area contributed by atoms with Gasteiger partial charge in [-0.2, -0.15) is 0 Å². The van der Waals surface area contributed by atoms with Crippen molar-refractivity contribution < 1.29 is 19.6 Å². The highest BCUT2D eigenvalue weighted by Crippen LogP contribution is 2.13. The highest BCUT2D eigenvalue weighted by Gasteiger charge is 2.08. The summed E-state index contributed by atoms with van der Waals surface area (Å²) in [4.78, 5) is 21.6. The summed E-state index contributed by atoms with van der Waals surface area (Å²) in [6.07, 6.45) is 0.0850. The van der Waals surface area contributed by atoms with Gasteiger partial charge in [0.15, 0.2) is 0 Å². The predicted octanol–water partition coefficient (Wildman–Crippen LogP) is 0.262. The monoisotopic (exact) mass is 268 g/mol. The van der Waals surface area contributed by atoms with Crippen LogP contribution in [0.1, 0.15) is 5.56 Å². The smallest absolute Gasteiger partial charge is 0.269 e. The molecule has 7 heteroatoms. The van der Waals surface area contributed by atoms with Crippen LogP contribution in [0.15, 0.2) is 24.3 Å². The van der Waals surface area contributed by atoms with E-state index in [0.29, 0.717) is 18.7 Å². The normalized spacial score (nSPS) is 10.2. The van der Waals surface area contributed by atoms with Crippen LogP contribution in [0.25, 0.3) is 0 Å². The van der Waals surface area contributed by atoms with E-state index in [2.05, 4.69) is 5.32 Å². The largest absolute Gasteiger partial charge is 0.394 e. The summed E-state index contributed by atoms with van der Waals surface area (Å²) < 4.78 is 4.98. The van der Waals surface area contributed by atoms with E-state index in [1.54, 1.807) is 12.1 Å². The van der Waals surface area contributed by atoms with E-state index in [1.165, 1.54) is 12.1 Å². The molecule has 0 radical (unpaired) electrons. The number of hydrogen-bond acceptors (Lipinski definition) is 5. The van der Waals surface area contributed by atoms with Gasteiger partial charge in [-0.15, -0.1) is 0 Å². The summed E-state index contributed by atoms with van der Waals surface area (Å²) >= 11 is 0. The lowest BCUT2D eigenvalue weighted by Crippen LogP contribution is -2.28. The first-order valence-electron chi connectivity index (χ1n) is 5.82. The summed E-state index contributed by atoms with van der Waals surface area (Å²) in [7, 11) is 0. The van der Waals surface area contributed by atoms with Crippen LogP contribution in [-0.2, 0) is 16.0 Å². The number of aliphatic hydroxyl groups is 1. The summed E-state index contributed by atoms with van der Waals surface area (Å²) in [5.74, 6) is -0.229. The lowest BCUT2D eigenvalue weighted by atomic mass is 10.1. The molecule has 7 nitrogen and oxygen atoms in total. The molecule has 0 bridgehead atoms. The molecule has 0 unspecified atom stereocenters. The number of carbonyl (C=O) groups is 1. The highest BCUT2D eigenvalue weighted by atomic mass is 16.6. The Hall–Kier alpha value is -1.99. The summed E-state index contributed by atoms with van der Waals surface area (Å²) in [5, 5.41) is 21.7. The van der Waals surface area contributed by atoms with Crippen LogP contribution in [0.2, 0.25) is 0 Å². The van der Waals surface area contributed by atoms with Crippen LogP contribution in [0.5, 0.6) is 0 Å². The number of benzene rings is 1. The number of nitrogens with zero attached hydrogens (tertiary/aromatic N) is 1. The van der Waals surface area contributed by atoms with E-state index >= 15 is 0 Å². The van der Waals surface area contributed by atoms with Gasteiger partial charge in [0.25, 0.3) is 5.69 Å². The van der Waals surface area contributed by atoms with Crippen LogP contribution in [0.4, 0.5) is 5.69 Å². The van der Waals surface area contributed by atoms with Crippen molar-refractivity contribution in [3.8, 4) is 0 Å². The molecule has 104 valence electrons. The summed E-state index contributed by atoms with van der Waals surface area (Å²) in [6.45, 7) is 0.845. The molecule has 0 aliphatic carbocycles. The minimum Gasteiger partial charge on any atom is -0.394 e. The molecule has 0 aliphatic rings. The minimum atomic E-state index is -0.496. The Bertz CT molecular complexity index is 436. The number of amides is 1. The molecule has 1 rings (SSSR count). The number of hydrogen-bond donors (Lipinski definition) is 2. The molecule has 0 spiro atoms. The number of aliphatic hydroxyl groups excluding tert-OH is 1. The molecule has 0 heterocycles. The number of nitrogens with one attached hydrogen (secondary N) is 1. The molecule has 0 aromatic heterocycles. The van der Waals surface area contributed by atoms with E-state index in [4.69, 9.17) is 9.84 Å². The Balaban J connectivity index is 2.35. The molecule has 2 N–H and O–H groups in total. The molecule has 0 atom stereocenters. The first-order chi connectivity index (χ1) is 9.13. The molecule has 0 saturated heterocycles. The fraction of sp³-hybridized carbons (Fsp3) is 0.417. The average Bonchev–Trinajstić information content (AvgIpc) is 2.38. The quantitative estimate of drug-likeness (QED) is 0.400. The third-order valence-electron chi connectivity index (χ3n) is 2.29. The summed E-state index contributed by atoms with van der Waals surface area (Å²) in [6, 6.07) is 5.96. The van der Waals surface area contributed by atoms with Gasteiger partial charge in [0.2, 0.25) is 5.91 Å². The zero-order valence-electron chi connectivity index (χ0n) is 10.4. The topological polar surface area (TPSA) is 102 Å². The Kier molecular flexibility index (Phi) is 6.48. The molecule has 1 amide bonds. The van der Waals surface area contributed by atoms with Gasteiger partial charge in [0.1, 0.15) is 0 Å². The number of non-ortho nitro benzene ring substituents is 1. The van der Waals surface area contributed by atoms with Gasteiger partial charge in [-0.05, 0) is 5.56 Å². The van der Waals surface area contributed by atoms with Gasteiger partial charge in [0.05, 0.1) is 31.2 Å². The fourth-order valence-corrected chi connectivity index (χ4v) is 1.46. The molecule has 19 heavy (non-hydrogen) atoms. The van der Waals surface area contributed by atoms with E-state index < -0.39 is 4.92 Å². The molecule has 0 saturated carbocycles. The lowest BCUT2D eigenvalue weighted by Gasteiger charge is -2.05. The van der Waals surface area contributed by atoms with E-state index in [0.717, 1.165) is 0 Å². The molecule has 0 fully saturated rings. The molecular formula is C12H16N2O5. The van der Waals surface area contributed by atoms with Gasteiger partial charge in [-0.25, -0.2) is 0 Å². The molecule has 1 aromatic rings. The number of ether oxygens (including phenoxy) is 1. The van der Waals surface area contributed by atoms with Crippen molar-refractivity contribution in [1.82, 2.24) is 5.32 Å². The average molecular weight is 268 g/mol. The van der Waals surface area contributed by atoms with Crippen molar-refractivity contribution in [3.05, 3.63) is 39.9 Å². The van der Waals surface area contributed by atoms with Crippen LogP contribution in [0.3, 0.4) is 0 Å². The Morgan fingerprint density at radius 3 is 2.89 bits per heavy atom. The number of nitro groups is 1. The second-order valence-electron chi connectivity index (χ2n) is 3.79. The first-order valence-corrected chi connectivity index (χ1v) is 5.82. The van der Waals surface area contributed by atoms with E-state index in [1.807, 2.05) is 0 Å². The van der Waals surface area contributed by atoms with Crippen LogP contribution in [-0.4, -0.2) is 42.3 Å². The van der Waals surface area contributed by atoms with Crippen molar-refractivity contribution in [2.45, 2.75) is 6.42 Å². The van der Waals surface area contributed by atoms with Crippen LogP contribution in [0, 0.1) is 10.1 Å². The van der Waals surface area contributed by atoms with Crippen molar-refractivity contribution in [2.75, 3.05) is 26.4 Å². The SMILES string of the molecule is O=C(Cc1cccc([N+](=O)[O-])c1)NCCOCCO. The Labute approximate surface area is 110 Å². The zero-order valence-corrected chi connectivity index (χ0v) is 10.4. The molecule has 0 aliphatic heterocycles. The molecule has 1 aromatic carbocycles. The summed E-state index contributed by atoms with van der Waals surface area (Å²) in [5.41, 5.74) is 0.555. The highest BCUT2D eigenvalue weighted by molar-refractivity contribution is 5.78. The van der Waals surface area contributed by atoms with Gasteiger partial charge in [-0.1, -0.05) is 12.1 Å². The number of carbonyl (C=O) groups excluding carboxylic acids is 1. The third-order valence-corrected chi connectivity index (χ3v) is 2.29. The van der Waals surface area contributed by atoms with E-state index in [9.17, 15) is 14.9 Å². The van der Waals surface area contributed by atoms with Gasteiger partial charge < -0.3 is 15.2 Å². The first kappa shape index (κ1) is 15.1. The van der Waals surface area contributed by atoms with Crippen LogP contribution >= 0.6 is 0 Å². The van der Waals surface area contributed by atoms with E-state index in [-0.39, 0.29) is 31.2 Å². The van der Waals surface area contributed by atoms with Gasteiger partial charge >= 0.3 is 0 Å². The van der Waals surface area contributed by atoms with Gasteiger partial charge in [0, 0.05) is 18.7 Å².